The van der Waals surface area contributed by atoms with E-state index in [2.05, 4.69) is 42.5 Å². The molecule has 166 valence electrons. The molecule has 0 unspecified atom stereocenters. The Hall–Kier alpha value is -4.18. The predicted molar refractivity (Wildman–Crippen MR) is 136 cm³/mol. The molecule has 0 saturated heterocycles. The molecule has 4 nitrogen and oxygen atoms in total. The van der Waals surface area contributed by atoms with Crippen LogP contribution in [0.15, 0.2) is 108 Å². The van der Waals surface area contributed by atoms with Gasteiger partial charge in [-0.25, -0.2) is 0 Å². The molecule has 1 amide bonds. The van der Waals surface area contributed by atoms with Gasteiger partial charge in [-0.2, -0.15) is 0 Å². The van der Waals surface area contributed by atoms with Gasteiger partial charge in [0.2, 0.25) is 5.91 Å². The van der Waals surface area contributed by atoms with Gasteiger partial charge >= 0.3 is 0 Å². The minimum atomic E-state index is 0.00550. The summed E-state index contributed by atoms with van der Waals surface area (Å²) in [5.74, 6) is 0.187. The molecule has 5 aromatic rings. The van der Waals surface area contributed by atoms with Crippen molar-refractivity contribution >= 4 is 27.7 Å². The van der Waals surface area contributed by atoms with Crippen molar-refractivity contribution in [2.45, 2.75) is 19.0 Å². The highest BCUT2D eigenvalue weighted by Gasteiger charge is 2.29. The van der Waals surface area contributed by atoms with Gasteiger partial charge in [0.1, 0.15) is 6.54 Å². The van der Waals surface area contributed by atoms with Crippen molar-refractivity contribution in [3.8, 4) is 0 Å². The van der Waals surface area contributed by atoms with Gasteiger partial charge in [0.25, 0.3) is 0 Å². The number of fused-ring (bicyclic) bond motifs is 3. The third-order valence-corrected chi connectivity index (χ3v) is 6.92. The van der Waals surface area contributed by atoms with E-state index in [0.29, 0.717) is 23.9 Å². The molecule has 1 atom stereocenters. The lowest BCUT2D eigenvalue weighted by molar-refractivity contribution is -0.132. The summed E-state index contributed by atoms with van der Waals surface area (Å²) in [5.41, 5.74) is 5.27. The van der Waals surface area contributed by atoms with Gasteiger partial charge in [0, 0.05) is 29.8 Å². The van der Waals surface area contributed by atoms with Crippen molar-refractivity contribution in [1.29, 1.82) is 0 Å². The number of pyridine rings is 1. The second-order valence-corrected chi connectivity index (χ2v) is 8.89. The van der Waals surface area contributed by atoms with Crippen LogP contribution >= 0.6 is 0 Å². The van der Waals surface area contributed by atoms with Crippen molar-refractivity contribution in [3.05, 3.63) is 130 Å². The van der Waals surface area contributed by atoms with E-state index in [-0.39, 0.29) is 23.8 Å². The summed E-state index contributed by atoms with van der Waals surface area (Å²) < 4.78 is 1.99. The highest BCUT2D eigenvalue weighted by atomic mass is 16.2. The minimum absolute atomic E-state index is 0.00550. The number of benzene rings is 4. The largest absolute Gasteiger partial charge is 0.336 e. The summed E-state index contributed by atoms with van der Waals surface area (Å²) in [7, 11) is 0. The predicted octanol–water partition coefficient (Wildman–Crippen LogP) is 5.33. The average molecular weight is 445 g/mol. The SMILES string of the molecule is O=C(Cn1c2ccccc2c(=O)c2ccccc21)N1Cc2ccccc2[C@@H](c2ccccc2)C1. The number of nitrogens with zero attached hydrogens (tertiary/aromatic N) is 2. The summed E-state index contributed by atoms with van der Waals surface area (Å²) in [6, 6.07) is 33.9. The minimum Gasteiger partial charge on any atom is -0.336 e. The Kier molecular flexibility index (Phi) is 4.99. The lowest BCUT2D eigenvalue weighted by atomic mass is 9.84. The molecule has 4 aromatic carbocycles. The van der Waals surface area contributed by atoms with Crippen LogP contribution in [0.5, 0.6) is 0 Å². The van der Waals surface area contributed by atoms with E-state index >= 15 is 0 Å². The van der Waals surface area contributed by atoms with Gasteiger partial charge in [0.05, 0.1) is 11.0 Å². The first-order valence-electron chi connectivity index (χ1n) is 11.6. The Morgan fingerprint density at radius 2 is 1.32 bits per heavy atom. The second kappa shape index (κ2) is 8.31. The summed E-state index contributed by atoms with van der Waals surface area (Å²) in [4.78, 5) is 28.8. The van der Waals surface area contributed by atoms with Crippen molar-refractivity contribution < 1.29 is 4.79 Å². The van der Waals surface area contributed by atoms with Gasteiger partial charge in [-0.05, 0) is 41.0 Å². The molecule has 0 bridgehead atoms. The molecular formula is C30H24N2O2. The zero-order valence-corrected chi connectivity index (χ0v) is 18.7. The number of carbonyl (C=O) groups is 1. The van der Waals surface area contributed by atoms with Crippen LogP contribution < -0.4 is 5.43 Å². The van der Waals surface area contributed by atoms with Crippen molar-refractivity contribution in [2.24, 2.45) is 0 Å². The molecule has 1 aliphatic rings. The number of carbonyl (C=O) groups excluding carboxylic acids is 1. The topological polar surface area (TPSA) is 42.3 Å². The van der Waals surface area contributed by atoms with Gasteiger partial charge in [0.15, 0.2) is 5.43 Å². The van der Waals surface area contributed by atoms with Crippen LogP contribution in [-0.2, 0) is 17.9 Å². The van der Waals surface area contributed by atoms with Crippen molar-refractivity contribution in [1.82, 2.24) is 9.47 Å². The van der Waals surface area contributed by atoms with Crippen LogP contribution in [0.2, 0.25) is 0 Å². The normalized spacial score (nSPS) is 15.4. The summed E-state index contributed by atoms with van der Waals surface area (Å²) >= 11 is 0. The van der Waals surface area contributed by atoms with E-state index in [4.69, 9.17) is 0 Å². The summed E-state index contributed by atoms with van der Waals surface area (Å²) in [6.45, 7) is 1.41. The van der Waals surface area contributed by atoms with E-state index in [1.807, 2.05) is 70.1 Å². The maximum atomic E-state index is 13.8. The Bertz CT molecular complexity index is 1530. The molecule has 4 heteroatoms. The van der Waals surface area contributed by atoms with E-state index < -0.39 is 0 Å². The number of para-hydroxylation sites is 2. The standard InChI is InChI=1S/C30H24N2O2/c33-29(20-32-27-16-8-6-14-24(27)30(34)25-15-7-9-17-28(25)32)31-18-22-12-4-5-13-23(22)26(19-31)21-10-2-1-3-11-21/h1-17,26H,18-20H2/t26-/m1/s1. The maximum absolute atomic E-state index is 13.8. The molecule has 6 rings (SSSR count). The number of rotatable bonds is 3. The molecule has 0 radical (unpaired) electrons. The number of hydrogen-bond donors (Lipinski definition) is 0. The second-order valence-electron chi connectivity index (χ2n) is 8.89. The van der Waals surface area contributed by atoms with Crippen LogP contribution in [0.3, 0.4) is 0 Å². The fourth-order valence-corrected chi connectivity index (χ4v) is 5.25. The molecule has 1 aromatic heterocycles. The highest BCUT2D eigenvalue weighted by Crippen LogP contribution is 2.33. The molecule has 0 saturated carbocycles. The van der Waals surface area contributed by atoms with Gasteiger partial charge in [-0.3, -0.25) is 9.59 Å². The Morgan fingerprint density at radius 3 is 2.03 bits per heavy atom. The average Bonchev–Trinajstić information content (AvgIpc) is 2.91. The van der Waals surface area contributed by atoms with Gasteiger partial charge in [-0.15, -0.1) is 0 Å². The smallest absolute Gasteiger partial charge is 0.242 e. The highest BCUT2D eigenvalue weighted by molar-refractivity contribution is 5.94. The molecule has 34 heavy (non-hydrogen) atoms. The summed E-state index contributed by atoms with van der Waals surface area (Å²) in [6.07, 6.45) is 0. The first-order chi connectivity index (χ1) is 16.7. The third-order valence-electron chi connectivity index (χ3n) is 6.92. The third kappa shape index (κ3) is 3.39. The Balaban J connectivity index is 1.42. The molecule has 0 aliphatic carbocycles. The number of aromatic nitrogens is 1. The quantitative estimate of drug-likeness (QED) is 0.353. The molecular weight excluding hydrogens is 420 g/mol. The lowest BCUT2D eigenvalue weighted by Gasteiger charge is -2.35. The van der Waals surface area contributed by atoms with E-state index in [1.165, 1.54) is 16.7 Å². The first kappa shape index (κ1) is 20.4. The maximum Gasteiger partial charge on any atom is 0.242 e. The zero-order valence-electron chi connectivity index (χ0n) is 18.7. The van der Waals surface area contributed by atoms with Crippen LogP contribution in [-0.4, -0.2) is 21.9 Å². The molecule has 2 heterocycles. The van der Waals surface area contributed by atoms with E-state index in [1.54, 1.807) is 0 Å². The van der Waals surface area contributed by atoms with Gasteiger partial charge < -0.3 is 9.47 Å². The molecule has 1 aliphatic heterocycles. The zero-order chi connectivity index (χ0) is 23.1. The Morgan fingerprint density at radius 1 is 0.735 bits per heavy atom. The molecule has 0 spiro atoms. The fraction of sp³-hybridized carbons (Fsp3) is 0.133. The summed E-state index contributed by atoms with van der Waals surface area (Å²) in [5, 5.41) is 1.28. The fourth-order valence-electron chi connectivity index (χ4n) is 5.25. The van der Waals surface area contributed by atoms with Gasteiger partial charge in [-0.1, -0.05) is 78.9 Å². The Labute approximate surface area is 197 Å². The van der Waals surface area contributed by atoms with Crippen molar-refractivity contribution in [2.75, 3.05) is 6.54 Å². The lowest BCUT2D eigenvalue weighted by Crippen LogP contribution is -2.40. The number of amides is 1. The van der Waals surface area contributed by atoms with Crippen LogP contribution in [0.4, 0.5) is 0 Å². The van der Waals surface area contributed by atoms with E-state index in [9.17, 15) is 9.59 Å². The van der Waals surface area contributed by atoms with Crippen molar-refractivity contribution in [3.63, 3.8) is 0 Å². The first-order valence-corrected chi connectivity index (χ1v) is 11.6. The van der Waals surface area contributed by atoms with Crippen LogP contribution in [0.1, 0.15) is 22.6 Å². The molecule has 0 N–H and O–H groups in total. The number of hydrogen-bond acceptors (Lipinski definition) is 2. The van der Waals surface area contributed by atoms with Crippen LogP contribution in [0.25, 0.3) is 21.8 Å². The van der Waals surface area contributed by atoms with E-state index in [0.717, 1.165) is 11.0 Å². The molecule has 0 fully saturated rings. The van der Waals surface area contributed by atoms with Crippen LogP contribution in [0, 0.1) is 0 Å². The monoisotopic (exact) mass is 444 g/mol.